The van der Waals surface area contributed by atoms with E-state index in [9.17, 15) is 0 Å². The second-order valence-corrected chi connectivity index (χ2v) is 6.24. The molecular weight excluding hydrogens is 389 g/mol. The van der Waals surface area contributed by atoms with Gasteiger partial charge in [-0.05, 0) is 17.9 Å². The molecule has 1 heterocycles. The summed E-state index contributed by atoms with van der Waals surface area (Å²) < 4.78 is 1.91. The topological polar surface area (TPSA) is 54.2 Å². The largest absolute Gasteiger partial charge is 0.356 e. The number of unbranched alkanes of at least 4 members (excludes halogenated alkanes) is 2. The molecule has 5 nitrogen and oxygen atoms in total. The van der Waals surface area contributed by atoms with Crippen LogP contribution in [0.4, 0.5) is 0 Å². The molecule has 0 saturated heterocycles. The SMILES string of the molecule is CCCCCC(C)(C)CNC(=NC)NCCn1cccn1.I. The lowest BCUT2D eigenvalue weighted by molar-refractivity contribution is 0.318. The molecule has 0 aliphatic rings. The summed E-state index contributed by atoms with van der Waals surface area (Å²) in [4.78, 5) is 4.27. The quantitative estimate of drug-likeness (QED) is 0.279. The summed E-state index contributed by atoms with van der Waals surface area (Å²) in [6.07, 6.45) is 8.91. The molecular formula is C16H32IN5. The first-order chi connectivity index (χ1) is 10.1. The van der Waals surface area contributed by atoms with E-state index in [4.69, 9.17) is 0 Å². The van der Waals surface area contributed by atoms with Gasteiger partial charge in [-0.1, -0.05) is 40.0 Å². The smallest absolute Gasteiger partial charge is 0.191 e. The number of aliphatic imine (C=N–C) groups is 1. The van der Waals surface area contributed by atoms with Crippen LogP contribution in [0.1, 0.15) is 46.5 Å². The van der Waals surface area contributed by atoms with Gasteiger partial charge >= 0.3 is 0 Å². The van der Waals surface area contributed by atoms with E-state index in [-0.39, 0.29) is 24.0 Å². The Kier molecular flexibility index (Phi) is 11.3. The number of guanidine groups is 1. The summed E-state index contributed by atoms with van der Waals surface area (Å²) in [6.45, 7) is 9.47. The van der Waals surface area contributed by atoms with Crippen molar-refractivity contribution in [3.05, 3.63) is 18.5 Å². The van der Waals surface area contributed by atoms with E-state index in [2.05, 4.69) is 41.5 Å². The van der Waals surface area contributed by atoms with Crippen LogP contribution < -0.4 is 10.6 Å². The molecule has 0 unspecified atom stereocenters. The minimum atomic E-state index is 0. The normalized spacial score (nSPS) is 11.9. The van der Waals surface area contributed by atoms with Gasteiger partial charge in [0.25, 0.3) is 0 Å². The van der Waals surface area contributed by atoms with Crippen LogP contribution in [-0.4, -0.2) is 35.9 Å². The molecule has 22 heavy (non-hydrogen) atoms. The van der Waals surface area contributed by atoms with E-state index in [0.717, 1.165) is 25.6 Å². The van der Waals surface area contributed by atoms with Crippen molar-refractivity contribution in [2.24, 2.45) is 10.4 Å². The standard InChI is InChI=1S/C16H31N5.HI/c1-5-6-7-9-16(2,3)14-19-15(17-4)18-11-13-21-12-8-10-20-21;/h8,10,12H,5-7,9,11,13-14H2,1-4H3,(H2,17,18,19);1H. The molecule has 0 bridgehead atoms. The molecule has 0 saturated carbocycles. The van der Waals surface area contributed by atoms with Crippen LogP contribution in [0.5, 0.6) is 0 Å². The third kappa shape index (κ3) is 9.27. The molecule has 0 fully saturated rings. The zero-order valence-electron chi connectivity index (χ0n) is 14.4. The van der Waals surface area contributed by atoms with E-state index >= 15 is 0 Å². The van der Waals surface area contributed by atoms with Gasteiger partial charge in [-0.15, -0.1) is 24.0 Å². The first-order valence-corrected chi connectivity index (χ1v) is 7.99. The van der Waals surface area contributed by atoms with Crippen LogP contribution in [0.2, 0.25) is 0 Å². The highest BCUT2D eigenvalue weighted by atomic mass is 127. The maximum atomic E-state index is 4.27. The van der Waals surface area contributed by atoms with Crippen molar-refractivity contribution in [2.45, 2.75) is 53.0 Å². The number of nitrogens with zero attached hydrogens (tertiary/aromatic N) is 3. The van der Waals surface area contributed by atoms with Crippen molar-refractivity contribution in [1.82, 2.24) is 20.4 Å². The van der Waals surface area contributed by atoms with Gasteiger partial charge in [0.1, 0.15) is 0 Å². The Labute approximate surface area is 152 Å². The first-order valence-electron chi connectivity index (χ1n) is 7.99. The Balaban J connectivity index is 0.00000441. The number of hydrogen-bond donors (Lipinski definition) is 2. The van der Waals surface area contributed by atoms with Gasteiger partial charge in [0.15, 0.2) is 5.96 Å². The monoisotopic (exact) mass is 421 g/mol. The Morgan fingerprint density at radius 1 is 1.27 bits per heavy atom. The van der Waals surface area contributed by atoms with E-state index in [1.54, 1.807) is 6.20 Å². The Bertz CT molecular complexity index is 401. The van der Waals surface area contributed by atoms with Crippen LogP contribution in [0.25, 0.3) is 0 Å². The fourth-order valence-electron chi connectivity index (χ4n) is 2.21. The average Bonchev–Trinajstić information content (AvgIpc) is 2.96. The lowest BCUT2D eigenvalue weighted by atomic mass is 9.87. The van der Waals surface area contributed by atoms with Crippen LogP contribution in [-0.2, 0) is 6.54 Å². The molecule has 0 spiro atoms. The number of nitrogens with one attached hydrogen (secondary N) is 2. The lowest BCUT2D eigenvalue weighted by Gasteiger charge is -2.26. The molecule has 2 N–H and O–H groups in total. The molecule has 0 aliphatic heterocycles. The Morgan fingerprint density at radius 2 is 2.05 bits per heavy atom. The van der Waals surface area contributed by atoms with Crippen molar-refractivity contribution in [3.8, 4) is 0 Å². The summed E-state index contributed by atoms with van der Waals surface area (Å²) in [7, 11) is 1.81. The maximum Gasteiger partial charge on any atom is 0.191 e. The maximum absolute atomic E-state index is 4.27. The van der Waals surface area contributed by atoms with E-state index in [0.29, 0.717) is 5.41 Å². The minimum absolute atomic E-state index is 0. The lowest BCUT2D eigenvalue weighted by Crippen LogP contribution is -2.43. The third-order valence-electron chi connectivity index (χ3n) is 3.61. The third-order valence-corrected chi connectivity index (χ3v) is 3.61. The summed E-state index contributed by atoms with van der Waals surface area (Å²) in [5.74, 6) is 0.866. The van der Waals surface area contributed by atoms with Gasteiger partial charge < -0.3 is 10.6 Å². The molecule has 0 atom stereocenters. The molecule has 0 radical (unpaired) electrons. The molecule has 0 aliphatic carbocycles. The highest BCUT2D eigenvalue weighted by molar-refractivity contribution is 14.0. The van der Waals surface area contributed by atoms with Crippen molar-refractivity contribution < 1.29 is 0 Å². The van der Waals surface area contributed by atoms with Gasteiger partial charge in [0.05, 0.1) is 6.54 Å². The van der Waals surface area contributed by atoms with Crippen molar-refractivity contribution in [3.63, 3.8) is 0 Å². The highest BCUT2D eigenvalue weighted by Crippen LogP contribution is 2.22. The Morgan fingerprint density at radius 3 is 2.64 bits per heavy atom. The average molecular weight is 421 g/mol. The zero-order chi connectivity index (χ0) is 15.6. The predicted molar refractivity (Wildman–Crippen MR) is 105 cm³/mol. The van der Waals surface area contributed by atoms with Crippen molar-refractivity contribution in [2.75, 3.05) is 20.1 Å². The van der Waals surface area contributed by atoms with Crippen LogP contribution >= 0.6 is 24.0 Å². The van der Waals surface area contributed by atoms with Gasteiger partial charge in [0.2, 0.25) is 0 Å². The molecule has 1 aromatic heterocycles. The second-order valence-electron chi connectivity index (χ2n) is 6.24. The number of hydrogen-bond acceptors (Lipinski definition) is 2. The number of aromatic nitrogens is 2. The van der Waals surface area contributed by atoms with Crippen molar-refractivity contribution in [1.29, 1.82) is 0 Å². The molecule has 0 aromatic carbocycles. The molecule has 1 aromatic rings. The van der Waals surface area contributed by atoms with E-state index < -0.39 is 0 Å². The molecule has 6 heteroatoms. The fourth-order valence-corrected chi connectivity index (χ4v) is 2.21. The van der Waals surface area contributed by atoms with Crippen LogP contribution in [0.3, 0.4) is 0 Å². The van der Waals surface area contributed by atoms with Gasteiger partial charge in [-0.2, -0.15) is 5.10 Å². The zero-order valence-corrected chi connectivity index (χ0v) is 16.8. The summed E-state index contributed by atoms with van der Waals surface area (Å²) in [5, 5.41) is 10.9. The second kappa shape index (κ2) is 11.7. The summed E-state index contributed by atoms with van der Waals surface area (Å²) in [5.41, 5.74) is 0.300. The Hall–Kier alpha value is -0.790. The number of halogens is 1. The predicted octanol–water partition coefficient (Wildman–Crippen LogP) is 3.27. The number of rotatable bonds is 9. The first kappa shape index (κ1) is 21.2. The van der Waals surface area contributed by atoms with Crippen LogP contribution in [0, 0.1) is 5.41 Å². The van der Waals surface area contributed by atoms with E-state index in [1.165, 1.54) is 25.7 Å². The fraction of sp³-hybridized carbons (Fsp3) is 0.750. The van der Waals surface area contributed by atoms with Gasteiger partial charge in [0, 0.05) is 32.5 Å². The summed E-state index contributed by atoms with van der Waals surface area (Å²) in [6, 6.07) is 1.94. The molecule has 1 rings (SSSR count). The molecule has 0 amide bonds. The van der Waals surface area contributed by atoms with Gasteiger partial charge in [-0.25, -0.2) is 0 Å². The van der Waals surface area contributed by atoms with Crippen molar-refractivity contribution >= 4 is 29.9 Å². The van der Waals surface area contributed by atoms with Gasteiger partial charge in [-0.3, -0.25) is 9.67 Å². The summed E-state index contributed by atoms with van der Waals surface area (Å²) >= 11 is 0. The minimum Gasteiger partial charge on any atom is -0.356 e. The van der Waals surface area contributed by atoms with E-state index in [1.807, 2.05) is 24.0 Å². The molecule has 128 valence electrons. The van der Waals surface area contributed by atoms with Crippen LogP contribution in [0.15, 0.2) is 23.5 Å². The highest BCUT2D eigenvalue weighted by Gasteiger charge is 2.17.